The third kappa shape index (κ3) is 1.89. The molecule has 2 N–H and O–H groups in total. The van der Waals surface area contributed by atoms with Crippen molar-refractivity contribution in [2.75, 3.05) is 18.5 Å². The highest BCUT2D eigenvalue weighted by molar-refractivity contribution is 5.82. The number of aliphatic hydroxyl groups is 1. The number of nitrogens with zero attached hydrogens (tertiary/aromatic N) is 1. The summed E-state index contributed by atoms with van der Waals surface area (Å²) in [5, 5.41) is 13.2. The number of benzene rings is 1. The molecule has 1 aromatic carbocycles. The van der Waals surface area contributed by atoms with Gasteiger partial charge in [-0.2, -0.15) is 0 Å². The molecule has 0 bridgehead atoms. The van der Waals surface area contributed by atoms with Gasteiger partial charge in [0.15, 0.2) is 0 Å². The first-order valence-electron chi connectivity index (χ1n) is 8.07. The van der Waals surface area contributed by atoms with Crippen molar-refractivity contribution >= 4 is 11.6 Å². The van der Waals surface area contributed by atoms with E-state index in [1.807, 2.05) is 17.0 Å². The van der Waals surface area contributed by atoms with Crippen LogP contribution in [-0.2, 0) is 4.79 Å². The van der Waals surface area contributed by atoms with Crippen LogP contribution in [0.5, 0.6) is 0 Å². The Labute approximate surface area is 125 Å². The molecule has 3 aliphatic rings. The molecule has 0 spiro atoms. The molecule has 2 heterocycles. The van der Waals surface area contributed by atoms with Gasteiger partial charge < -0.3 is 15.3 Å². The number of rotatable bonds is 2. The molecule has 1 amide bonds. The predicted molar refractivity (Wildman–Crippen MR) is 81.1 cm³/mol. The molecule has 4 rings (SSSR count). The minimum absolute atomic E-state index is 0.0358. The Balaban J connectivity index is 1.61. The minimum atomic E-state index is -0.0358. The molecule has 1 aromatic rings. The summed E-state index contributed by atoms with van der Waals surface area (Å²) in [6.07, 6.45) is 4.39. The number of carbonyl (C=O) groups excluding carboxylic acids is 1. The lowest BCUT2D eigenvalue weighted by Gasteiger charge is -2.58. The third-order valence-corrected chi connectivity index (χ3v) is 5.51. The molecule has 1 saturated heterocycles. The second kappa shape index (κ2) is 5.02. The summed E-state index contributed by atoms with van der Waals surface area (Å²) in [7, 11) is 0. The van der Waals surface area contributed by atoms with Crippen molar-refractivity contribution in [2.24, 2.45) is 5.92 Å². The first-order valence-corrected chi connectivity index (χ1v) is 8.07. The quantitative estimate of drug-likeness (QED) is 0.874. The lowest BCUT2D eigenvalue weighted by molar-refractivity contribution is -0.154. The monoisotopic (exact) mass is 286 g/mol. The van der Waals surface area contributed by atoms with E-state index in [1.165, 1.54) is 18.4 Å². The fourth-order valence-electron chi connectivity index (χ4n) is 4.46. The maximum absolute atomic E-state index is 12.8. The Kier molecular flexibility index (Phi) is 3.14. The highest BCUT2D eigenvalue weighted by Crippen LogP contribution is 2.47. The molecule has 1 aliphatic carbocycles. The van der Waals surface area contributed by atoms with Crippen LogP contribution in [0.2, 0.25) is 0 Å². The van der Waals surface area contributed by atoms with Crippen LogP contribution in [-0.4, -0.2) is 41.1 Å². The van der Waals surface area contributed by atoms with Crippen LogP contribution in [0.1, 0.15) is 37.2 Å². The summed E-state index contributed by atoms with van der Waals surface area (Å²) in [4.78, 5) is 14.7. The van der Waals surface area contributed by atoms with Gasteiger partial charge >= 0.3 is 0 Å². The van der Waals surface area contributed by atoms with E-state index < -0.39 is 0 Å². The fourth-order valence-corrected chi connectivity index (χ4v) is 4.46. The van der Waals surface area contributed by atoms with E-state index in [0.717, 1.165) is 25.1 Å². The maximum atomic E-state index is 12.8. The summed E-state index contributed by atoms with van der Waals surface area (Å²) >= 11 is 0. The van der Waals surface area contributed by atoms with Crippen LogP contribution in [0.15, 0.2) is 24.3 Å². The number of carbonyl (C=O) groups is 1. The molecule has 21 heavy (non-hydrogen) atoms. The molecule has 3 atom stereocenters. The Morgan fingerprint density at radius 3 is 2.81 bits per heavy atom. The van der Waals surface area contributed by atoms with E-state index in [0.29, 0.717) is 0 Å². The molecular formula is C17H22N2O2. The van der Waals surface area contributed by atoms with Crippen LogP contribution in [0, 0.1) is 5.92 Å². The Hall–Kier alpha value is -1.55. The first-order chi connectivity index (χ1) is 10.3. The van der Waals surface area contributed by atoms with Crippen molar-refractivity contribution in [3.8, 4) is 0 Å². The number of hydrogen-bond acceptors (Lipinski definition) is 3. The van der Waals surface area contributed by atoms with Crippen molar-refractivity contribution in [3.63, 3.8) is 0 Å². The predicted octanol–water partition coefficient (Wildman–Crippen LogP) is 1.96. The summed E-state index contributed by atoms with van der Waals surface area (Å²) < 4.78 is 0. The standard InChI is InChI=1S/C17H22N2O2/c20-10-15-16-12-7-3-4-8-13(12)18-9-14(16)19(15)17(21)11-5-1-2-6-11/h3-4,7-8,11,14-16,18,20H,1-2,5-6,9-10H2/t14-,15+,16+/m1/s1. The average molecular weight is 286 g/mol. The van der Waals surface area contributed by atoms with Gasteiger partial charge in [-0.15, -0.1) is 0 Å². The molecule has 0 unspecified atom stereocenters. The lowest BCUT2D eigenvalue weighted by atomic mass is 9.72. The lowest BCUT2D eigenvalue weighted by Crippen LogP contribution is -2.69. The number of fused-ring (bicyclic) bond motifs is 3. The second-order valence-electron chi connectivity index (χ2n) is 6.54. The van der Waals surface area contributed by atoms with Crippen LogP contribution >= 0.6 is 0 Å². The zero-order valence-corrected chi connectivity index (χ0v) is 12.2. The summed E-state index contributed by atoms with van der Waals surface area (Å²) in [5.74, 6) is 0.754. The van der Waals surface area contributed by atoms with E-state index in [4.69, 9.17) is 0 Å². The molecule has 4 heteroatoms. The first kappa shape index (κ1) is 13.1. The fraction of sp³-hybridized carbons (Fsp3) is 0.588. The largest absolute Gasteiger partial charge is 0.394 e. The topological polar surface area (TPSA) is 52.6 Å². The molecule has 2 fully saturated rings. The molecule has 112 valence electrons. The molecule has 1 saturated carbocycles. The zero-order chi connectivity index (χ0) is 14.4. The van der Waals surface area contributed by atoms with Gasteiger partial charge in [-0.25, -0.2) is 0 Å². The van der Waals surface area contributed by atoms with Crippen molar-refractivity contribution in [1.29, 1.82) is 0 Å². The Bertz CT molecular complexity index is 553. The maximum Gasteiger partial charge on any atom is 0.226 e. The number of hydrogen-bond donors (Lipinski definition) is 2. The minimum Gasteiger partial charge on any atom is -0.394 e. The van der Waals surface area contributed by atoms with Crippen molar-refractivity contribution < 1.29 is 9.90 Å². The van der Waals surface area contributed by atoms with Gasteiger partial charge in [0.25, 0.3) is 0 Å². The van der Waals surface area contributed by atoms with Gasteiger partial charge in [0.2, 0.25) is 5.91 Å². The third-order valence-electron chi connectivity index (χ3n) is 5.51. The van der Waals surface area contributed by atoms with Crippen LogP contribution in [0.25, 0.3) is 0 Å². The number of amides is 1. The molecular weight excluding hydrogens is 264 g/mol. The second-order valence-corrected chi connectivity index (χ2v) is 6.54. The summed E-state index contributed by atoms with van der Waals surface area (Å²) in [5.41, 5.74) is 2.41. The van der Waals surface area contributed by atoms with Gasteiger partial charge in [-0.3, -0.25) is 4.79 Å². The van der Waals surface area contributed by atoms with Crippen molar-refractivity contribution in [1.82, 2.24) is 4.90 Å². The normalized spacial score (nSPS) is 31.1. The van der Waals surface area contributed by atoms with E-state index >= 15 is 0 Å². The van der Waals surface area contributed by atoms with E-state index in [-0.39, 0.29) is 36.4 Å². The average Bonchev–Trinajstić information content (AvgIpc) is 3.02. The van der Waals surface area contributed by atoms with Gasteiger partial charge in [-0.05, 0) is 24.5 Å². The summed E-state index contributed by atoms with van der Waals surface area (Å²) in [6, 6.07) is 8.45. The van der Waals surface area contributed by atoms with Crippen LogP contribution < -0.4 is 5.32 Å². The van der Waals surface area contributed by atoms with Crippen LogP contribution in [0.4, 0.5) is 5.69 Å². The Morgan fingerprint density at radius 1 is 1.29 bits per heavy atom. The van der Waals surface area contributed by atoms with Gasteiger partial charge in [0.05, 0.1) is 18.7 Å². The van der Waals surface area contributed by atoms with Gasteiger partial charge in [0, 0.05) is 24.1 Å². The number of para-hydroxylation sites is 1. The van der Waals surface area contributed by atoms with Crippen molar-refractivity contribution in [3.05, 3.63) is 29.8 Å². The van der Waals surface area contributed by atoms with E-state index in [2.05, 4.69) is 17.4 Å². The molecule has 0 aromatic heterocycles. The number of nitrogens with one attached hydrogen (secondary N) is 1. The van der Waals surface area contributed by atoms with E-state index in [9.17, 15) is 9.90 Å². The highest BCUT2D eigenvalue weighted by atomic mass is 16.3. The molecule has 4 nitrogen and oxygen atoms in total. The number of likely N-dealkylation sites (tertiary alicyclic amines) is 1. The van der Waals surface area contributed by atoms with Gasteiger partial charge in [-0.1, -0.05) is 31.0 Å². The number of anilines is 1. The highest BCUT2D eigenvalue weighted by Gasteiger charge is 2.54. The molecule has 0 radical (unpaired) electrons. The van der Waals surface area contributed by atoms with Crippen molar-refractivity contribution in [2.45, 2.75) is 43.7 Å². The SMILES string of the molecule is O=C(C1CCCC1)N1[C@@H]2CNc3ccccc3[C@@H]2[C@@H]1CO. The summed E-state index contributed by atoms with van der Waals surface area (Å²) in [6.45, 7) is 0.866. The zero-order valence-electron chi connectivity index (χ0n) is 12.2. The number of aliphatic hydroxyl groups excluding tert-OH is 1. The molecule has 2 aliphatic heterocycles. The van der Waals surface area contributed by atoms with E-state index in [1.54, 1.807) is 0 Å². The van der Waals surface area contributed by atoms with Crippen LogP contribution in [0.3, 0.4) is 0 Å². The smallest absolute Gasteiger partial charge is 0.226 e. The Morgan fingerprint density at radius 2 is 2.05 bits per heavy atom. The van der Waals surface area contributed by atoms with Gasteiger partial charge in [0.1, 0.15) is 0 Å².